The first kappa shape index (κ1) is 68.8. The Labute approximate surface area is 435 Å². The number of carbonyl (C=O) groups excluding carboxylic acids is 2. The predicted octanol–water partition coefficient (Wildman–Crippen LogP) is 18.4. The van der Waals surface area contributed by atoms with Crippen molar-refractivity contribution in [1.82, 2.24) is 5.32 Å². The van der Waals surface area contributed by atoms with Gasteiger partial charge in [0.2, 0.25) is 5.91 Å². The van der Waals surface area contributed by atoms with E-state index < -0.39 is 20.0 Å². The van der Waals surface area contributed by atoms with Gasteiger partial charge < -0.3 is 19.4 Å². The lowest BCUT2D eigenvalue weighted by Gasteiger charge is -2.27. The summed E-state index contributed by atoms with van der Waals surface area (Å²) in [6.07, 6.45) is 57.7. The van der Waals surface area contributed by atoms with Gasteiger partial charge in [-0.25, -0.2) is 4.57 Å². The van der Waals surface area contributed by atoms with Crippen molar-refractivity contribution in [2.45, 2.75) is 322 Å². The minimum atomic E-state index is -4.44. The van der Waals surface area contributed by atoms with Crippen LogP contribution in [0.2, 0.25) is 0 Å². The number of ether oxygens (including phenoxy) is 1. The number of quaternary nitrogens is 1. The maximum atomic E-state index is 13.5. The molecular weight excluding hydrogens is 892 g/mol. The summed E-state index contributed by atoms with van der Waals surface area (Å²) in [5, 5.41) is 3.06. The number of hydrogen-bond donors (Lipinski definition) is 2. The number of rotatable bonds is 56. The summed E-state index contributed by atoms with van der Waals surface area (Å²) in [7, 11) is 1.52. The second kappa shape index (κ2) is 51.2. The number of phosphoric ester groups is 1. The van der Waals surface area contributed by atoms with Gasteiger partial charge in [-0.15, -0.1) is 0 Å². The Hall–Kier alpha value is -1.25. The van der Waals surface area contributed by atoms with Gasteiger partial charge in [-0.2, -0.15) is 0 Å². The number of nitrogens with zero attached hydrogens (tertiary/aromatic N) is 1. The fourth-order valence-electron chi connectivity index (χ4n) is 9.24. The zero-order valence-electron chi connectivity index (χ0n) is 47.5. The summed E-state index contributed by atoms with van der Waals surface area (Å²) in [5.41, 5.74) is 0. The topological polar surface area (TPSA) is 111 Å². The van der Waals surface area contributed by atoms with Gasteiger partial charge in [-0.05, 0) is 31.8 Å². The first-order chi connectivity index (χ1) is 33.9. The first-order valence-corrected chi connectivity index (χ1v) is 32.0. The Balaban J connectivity index is 5.21. The van der Waals surface area contributed by atoms with E-state index in [1.165, 1.54) is 218 Å². The summed E-state index contributed by atoms with van der Waals surface area (Å²) in [5.74, 6) is -0.485. The third-order valence-electron chi connectivity index (χ3n) is 14.0. The molecule has 0 aromatic rings. The molecule has 0 heterocycles. The van der Waals surface area contributed by atoms with E-state index in [9.17, 15) is 19.0 Å². The Kier molecular flexibility index (Phi) is 50.3. The SMILES string of the molecule is CCCCCCCCCCCC/C=C/C(OC(=O)CCCCCCCCCCCCCCC)C(COP(=O)(O)OCC[N+](C)(C)C)NC(=O)CCCCCCCCCCCCCCCCCCCCC. The summed E-state index contributed by atoms with van der Waals surface area (Å²) in [6.45, 7) is 7.06. The van der Waals surface area contributed by atoms with E-state index in [2.05, 4.69) is 26.1 Å². The molecule has 0 bridgehead atoms. The summed E-state index contributed by atoms with van der Waals surface area (Å²) in [4.78, 5) is 37.6. The minimum absolute atomic E-state index is 0.0456. The molecule has 10 heteroatoms. The van der Waals surface area contributed by atoms with Crippen LogP contribution in [0.15, 0.2) is 12.2 Å². The smallest absolute Gasteiger partial charge is 0.456 e. The van der Waals surface area contributed by atoms with Crippen LogP contribution >= 0.6 is 7.82 Å². The third kappa shape index (κ3) is 51.6. The van der Waals surface area contributed by atoms with Crippen LogP contribution < -0.4 is 5.32 Å². The van der Waals surface area contributed by atoms with Crippen LogP contribution in [0, 0.1) is 0 Å². The number of hydrogen-bond acceptors (Lipinski definition) is 6. The molecule has 416 valence electrons. The highest BCUT2D eigenvalue weighted by atomic mass is 31.2. The molecular formula is C60H120N2O7P+. The van der Waals surface area contributed by atoms with Gasteiger partial charge in [-0.1, -0.05) is 277 Å². The molecule has 0 aromatic heterocycles. The maximum Gasteiger partial charge on any atom is 0.472 e. The van der Waals surface area contributed by atoms with Gasteiger partial charge in [0.15, 0.2) is 0 Å². The van der Waals surface area contributed by atoms with E-state index in [1.807, 2.05) is 33.3 Å². The van der Waals surface area contributed by atoms with E-state index >= 15 is 0 Å². The largest absolute Gasteiger partial charge is 0.472 e. The Morgan fingerprint density at radius 3 is 1.17 bits per heavy atom. The van der Waals surface area contributed by atoms with Crippen molar-refractivity contribution < 1.29 is 37.3 Å². The van der Waals surface area contributed by atoms with Gasteiger partial charge in [0.1, 0.15) is 19.3 Å². The van der Waals surface area contributed by atoms with Gasteiger partial charge in [0.05, 0.1) is 33.8 Å². The van der Waals surface area contributed by atoms with Crippen molar-refractivity contribution in [3.05, 3.63) is 12.2 Å². The van der Waals surface area contributed by atoms with Crippen molar-refractivity contribution in [1.29, 1.82) is 0 Å². The Morgan fingerprint density at radius 2 is 0.814 bits per heavy atom. The quantitative estimate of drug-likeness (QED) is 0.0205. The van der Waals surface area contributed by atoms with Crippen molar-refractivity contribution in [3.63, 3.8) is 0 Å². The van der Waals surface area contributed by atoms with Crippen LogP contribution in [-0.2, 0) is 27.9 Å². The molecule has 0 fully saturated rings. The van der Waals surface area contributed by atoms with Gasteiger partial charge >= 0.3 is 13.8 Å². The van der Waals surface area contributed by atoms with Crippen molar-refractivity contribution in [2.75, 3.05) is 40.9 Å². The Morgan fingerprint density at radius 1 is 0.486 bits per heavy atom. The van der Waals surface area contributed by atoms with Crippen LogP contribution in [0.25, 0.3) is 0 Å². The highest BCUT2D eigenvalue weighted by Crippen LogP contribution is 2.43. The van der Waals surface area contributed by atoms with Crippen LogP contribution in [0.5, 0.6) is 0 Å². The van der Waals surface area contributed by atoms with Crippen LogP contribution in [0.4, 0.5) is 0 Å². The number of amides is 1. The fraction of sp³-hybridized carbons (Fsp3) is 0.933. The molecule has 0 aliphatic rings. The second-order valence-electron chi connectivity index (χ2n) is 22.2. The lowest BCUT2D eigenvalue weighted by atomic mass is 10.0. The second-order valence-corrected chi connectivity index (χ2v) is 23.7. The summed E-state index contributed by atoms with van der Waals surface area (Å²) < 4.78 is 30.7. The van der Waals surface area contributed by atoms with Crippen molar-refractivity contribution in [2.24, 2.45) is 0 Å². The van der Waals surface area contributed by atoms with E-state index in [0.29, 0.717) is 23.9 Å². The number of likely N-dealkylation sites (N-methyl/N-ethyl adjacent to an activating group) is 1. The molecule has 0 spiro atoms. The number of esters is 1. The number of unbranched alkanes of at least 4 members (excludes halogenated alkanes) is 40. The molecule has 0 radical (unpaired) electrons. The molecule has 0 aromatic carbocycles. The van der Waals surface area contributed by atoms with Crippen LogP contribution in [0.1, 0.15) is 310 Å². The number of nitrogens with one attached hydrogen (secondary N) is 1. The zero-order valence-corrected chi connectivity index (χ0v) is 48.4. The predicted molar refractivity (Wildman–Crippen MR) is 300 cm³/mol. The molecule has 0 saturated carbocycles. The lowest BCUT2D eigenvalue weighted by Crippen LogP contribution is -2.47. The van der Waals surface area contributed by atoms with E-state index in [1.54, 1.807) is 0 Å². The highest BCUT2D eigenvalue weighted by molar-refractivity contribution is 7.47. The zero-order chi connectivity index (χ0) is 51.5. The molecule has 3 unspecified atom stereocenters. The molecule has 3 atom stereocenters. The van der Waals surface area contributed by atoms with E-state index in [0.717, 1.165) is 57.8 Å². The molecule has 0 saturated heterocycles. The fourth-order valence-corrected chi connectivity index (χ4v) is 9.97. The molecule has 0 aliphatic heterocycles. The molecule has 1 amide bonds. The maximum absolute atomic E-state index is 13.5. The summed E-state index contributed by atoms with van der Waals surface area (Å²) >= 11 is 0. The van der Waals surface area contributed by atoms with Gasteiger partial charge in [0.25, 0.3) is 0 Å². The van der Waals surface area contributed by atoms with Crippen LogP contribution in [-0.4, -0.2) is 74.3 Å². The number of allylic oxidation sites excluding steroid dienone is 1. The van der Waals surface area contributed by atoms with Gasteiger partial charge in [-0.3, -0.25) is 18.6 Å². The standard InChI is InChI=1S/C60H119N2O7P/c1-7-10-13-16-19-22-25-28-29-30-31-32-33-35-37-40-43-46-49-52-59(63)61-57(56-68-70(65,66)67-55-54-62(4,5)6)58(51-48-45-42-39-36-27-24-21-18-15-12-9-3)69-60(64)53-50-47-44-41-38-34-26-23-20-17-14-11-8-2/h48,51,57-58H,7-47,49-50,52-56H2,1-6H3,(H-,61,63,65,66)/p+1/b51-48+. The van der Waals surface area contributed by atoms with Crippen molar-refractivity contribution >= 4 is 19.7 Å². The minimum Gasteiger partial charge on any atom is -0.456 e. The molecule has 2 N–H and O–H groups in total. The molecule has 9 nitrogen and oxygen atoms in total. The number of carbonyl (C=O) groups is 2. The molecule has 0 rings (SSSR count). The van der Waals surface area contributed by atoms with Gasteiger partial charge in [0, 0.05) is 12.8 Å². The monoisotopic (exact) mass is 1010 g/mol. The normalized spacial score (nSPS) is 13.8. The van der Waals surface area contributed by atoms with Crippen LogP contribution in [0.3, 0.4) is 0 Å². The third-order valence-corrected chi connectivity index (χ3v) is 15.0. The summed E-state index contributed by atoms with van der Waals surface area (Å²) in [6, 6.07) is -0.838. The highest BCUT2D eigenvalue weighted by Gasteiger charge is 2.30. The van der Waals surface area contributed by atoms with E-state index in [-0.39, 0.29) is 25.1 Å². The number of phosphoric acid groups is 1. The first-order valence-electron chi connectivity index (χ1n) is 30.5. The van der Waals surface area contributed by atoms with E-state index in [4.69, 9.17) is 13.8 Å². The average Bonchev–Trinajstić information content (AvgIpc) is 3.32. The molecule has 0 aliphatic carbocycles. The lowest BCUT2D eigenvalue weighted by molar-refractivity contribution is -0.870. The van der Waals surface area contributed by atoms with Crippen molar-refractivity contribution in [3.8, 4) is 0 Å². The average molecular weight is 1010 g/mol. The Bertz CT molecular complexity index is 1210. The molecule has 70 heavy (non-hydrogen) atoms.